The molecule has 0 radical (unpaired) electrons. The lowest BCUT2D eigenvalue weighted by molar-refractivity contribution is 0.108. The lowest BCUT2D eigenvalue weighted by atomic mass is 10.0. The largest absolute Gasteiger partial charge is 0.395 e. The average molecular weight is 505 g/mol. The smallest absolute Gasteiger partial charge is 0.229 e. The van der Waals surface area contributed by atoms with Crippen LogP contribution >= 0.6 is 0 Å². The Hall–Kier alpha value is -2.92. The van der Waals surface area contributed by atoms with Crippen LogP contribution in [-0.2, 0) is 6.54 Å². The minimum absolute atomic E-state index is 0.222. The van der Waals surface area contributed by atoms with Crippen molar-refractivity contribution in [2.24, 2.45) is 0 Å². The summed E-state index contributed by atoms with van der Waals surface area (Å²) in [4.78, 5) is 26.1. The maximum absolute atomic E-state index is 10.2. The van der Waals surface area contributed by atoms with E-state index in [1.54, 1.807) is 6.92 Å². The highest BCUT2D eigenvalue weighted by Gasteiger charge is 2.41. The predicted octanol–water partition coefficient (Wildman–Crippen LogP) is 2.46. The van der Waals surface area contributed by atoms with Crippen molar-refractivity contribution < 1.29 is 10.2 Å². The Morgan fingerprint density at radius 3 is 2.35 bits per heavy atom. The molecule has 3 aliphatic heterocycles. The number of fused-ring (bicyclic) bond motifs is 3. The van der Waals surface area contributed by atoms with Gasteiger partial charge in [-0.05, 0) is 50.3 Å². The Bertz CT molecular complexity index is 1210. The highest BCUT2D eigenvalue weighted by atomic mass is 16.3. The monoisotopic (exact) mass is 504 g/mol. The first kappa shape index (κ1) is 24.4. The van der Waals surface area contributed by atoms with Gasteiger partial charge in [0.15, 0.2) is 5.82 Å². The van der Waals surface area contributed by atoms with E-state index in [0.717, 1.165) is 56.0 Å². The molecule has 3 aromatic heterocycles. The maximum atomic E-state index is 10.2. The van der Waals surface area contributed by atoms with Gasteiger partial charge in [0.05, 0.1) is 18.4 Å². The maximum Gasteiger partial charge on any atom is 0.229 e. The van der Waals surface area contributed by atoms with E-state index in [2.05, 4.69) is 36.1 Å². The van der Waals surface area contributed by atoms with Crippen molar-refractivity contribution in [2.75, 3.05) is 49.5 Å². The third-order valence-corrected chi connectivity index (χ3v) is 8.04. The number of aliphatic hydroxyl groups is 2. The fourth-order valence-corrected chi connectivity index (χ4v) is 6.03. The van der Waals surface area contributed by atoms with Gasteiger partial charge in [0.1, 0.15) is 11.3 Å². The summed E-state index contributed by atoms with van der Waals surface area (Å²) >= 11 is 0. The van der Waals surface area contributed by atoms with E-state index in [9.17, 15) is 5.11 Å². The minimum Gasteiger partial charge on any atom is -0.395 e. The quantitative estimate of drug-likeness (QED) is 0.423. The normalized spacial score (nSPS) is 23.2. The van der Waals surface area contributed by atoms with E-state index in [4.69, 9.17) is 15.1 Å². The van der Waals surface area contributed by atoms with E-state index in [1.165, 1.54) is 31.2 Å². The minimum atomic E-state index is -0.645. The molecule has 6 heterocycles. The van der Waals surface area contributed by atoms with Gasteiger partial charge in [-0.15, -0.1) is 0 Å². The first-order valence-corrected chi connectivity index (χ1v) is 13.5. The van der Waals surface area contributed by atoms with E-state index < -0.39 is 6.10 Å². The van der Waals surface area contributed by atoms with Crippen molar-refractivity contribution >= 4 is 28.5 Å². The summed E-state index contributed by atoms with van der Waals surface area (Å²) in [5.74, 6) is 2.06. The zero-order valence-electron chi connectivity index (χ0n) is 21.4. The molecule has 0 aromatic carbocycles. The number of hydrogen-bond acceptors (Lipinski definition) is 10. The second kappa shape index (κ2) is 10.4. The van der Waals surface area contributed by atoms with Gasteiger partial charge in [-0.25, -0.2) is 19.9 Å². The number of aliphatic hydroxyl groups excluding tert-OH is 2. The number of hydrogen-bond donors (Lipinski definition) is 3. The van der Waals surface area contributed by atoms with Gasteiger partial charge in [0.25, 0.3) is 0 Å². The number of piperazine rings is 1. The van der Waals surface area contributed by atoms with Gasteiger partial charge in [-0.2, -0.15) is 0 Å². The van der Waals surface area contributed by atoms with Crippen molar-refractivity contribution in [1.29, 1.82) is 0 Å². The van der Waals surface area contributed by atoms with Crippen LogP contribution in [0.1, 0.15) is 50.0 Å². The number of anilines is 3. The Labute approximate surface area is 217 Å². The first-order valence-electron chi connectivity index (χ1n) is 13.5. The molecule has 37 heavy (non-hydrogen) atoms. The zero-order chi connectivity index (χ0) is 25.4. The molecule has 196 valence electrons. The molecule has 1 atom stereocenters. The van der Waals surface area contributed by atoms with Crippen molar-refractivity contribution in [2.45, 2.75) is 57.3 Å². The fourth-order valence-electron chi connectivity index (χ4n) is 6.03. The topological polar surface area (TPSA) is 114 Å². The number of rotatable bonds is 8. The highest BCUT2D eigenvalue weighted by molar-refractivity contribution is 5.90. The predicted molar refractivity (Wildman–Crippen MR) is 143 cm³/mol. The van der Waals surface area contributed by atoms with Gasteiger partial charge in [0, 0.05) is 69.1 Å². The molecule has 0 amide bonds. The van der Waals surface area contributed by atoms with Crippen LogP contribution in [0.25, 0.3) is 10.9 Å². The van der Waals surface area contributed by atoms with Crippen LogP contribution in [-0.4, -0.2) is 91.4 Å². The Morgan fingerprint density at radius 1 is 0.973 bits per heavy atom. The van der Waals surface area contributed by atoms with Gasteiger partial charge < -0.3 is 20.4 Å². The van der Waals surface area contributed by atoms with E-state index in [-0.39, 0.29) is 6.61 Å². The van der Waals surface area contributed by atoms with Crippen molar-refractivity contribution in [3.8, 4) is 0 Å². The standard InChI is InChI=1S/C27H36N8O2/c1-18(37)23-14-20-16-29-27(32-25(20)26(30-23)35-21-3-4-22(35)6-5-21)31-24-7-2-19(15-28-24)17-34-10-8-33(9-11-34)12-13-36/h2,7,14-16,18,21-22,36-37H,3-6,8-13,17H2,1H3,(H,28,29,31,32)/t18-,21?,22?/m1/s1. The second-order valence-electron chi connectivity index (χ2n) is 10.6. The molecule has 3 fully saturated rings. The summed E-state index contributed by atoms with van der Waals surface area (Å²) in [6.07, 6.45) is 7.84. The van der Waals surface area contributed by atoms with Crippen LogP contribution in [0.5, 0.6) is 0 Å². The van der Waals surface area contributed by atoms with E-state index in [1.807, 2.05) is 24.5 Å². The lowest BCUT2D eigenvalue weighted by Crippen LogP contribution is -2.46. The van der Waals surface area contributed by atoms with Gasteiger partial charge in [-0.1, -0.05) is 6.07 Å². The molecule has 3 N–H and O–H groups in total. The average Bonchev–Trinajstić information content (AvgIpc) is 3.51. The molecular weight excluding hydrogens is 468 g/mol. The van der Waals surface area contributed by atoms with Gasteiger partial charge in [-0.3, -0.25) is 9.80 Å². The molecule has 2 bridgehead atoms. The Balaban J connectivity index is 1.18. The Morgan fingerprint density at radius 2 is 1.70 bits per heavy atom. The van der Waals surface area contributed by atoms with E-state index in [0.29, 0.717) is 29.5 Å². The zero-order valence-corrected chi connectivity index (χ0v) is 21.4. The molecule has 0 spiro atoms. The van der Waals surface area contributed by atoms with Gasteiger partial charge in [0.2, 0.25) is 5.95 Å². The molecule has 6 rings (SSSR count). The number of aromatic nitrogens is 4. The van der Waals surface area contributed by atoms with Crippen LogP contribution < -0.4 is 10.2 Å². The lowest BCUT2D eigenvalue weighted by Gasteiger charge is -2.34. The van der Waals surface area contributed by atoms with Crippen LogP contribution in [0.2, 0.25) is 0 Å². The molecule has 3 aliphatic rings. The third-order valence-electron chi connectivity index (χ3n) is 8.04. The second-order valence-corrected chi connectivity index (χ2v) is 10.6. The summed E-state index contributed by atoms with van der Waals surface area (Å²) in [5, 5.41) is 23.5. The molecule has 10 nitrogen and oxygen atoms in total. The molecule has 10 heteroatoms. The molecule has 0 aliphatic carbocycles. The van der Waals surface area contributed by atoms with Crippen LogP contribution in [0.3, 0.4) is 0 Å². The summed E-state index contributed by atoms with van der Waals surface area (Å²) in [7, 11) is 0. The molecule has 3 saturated heterocycles. The number of pyridine rings is 2. The summed E-state index contributed by atoms with van der Waals surface area (Å²) in [5.41, 5.74) is 2.64. The summed E-state index contributed by atoms with van der Waals surface area (Å²) in [6, 6.07) is 6.97. The number of β-amino-alcohol motifs (C(OH)–C–C–N with tert-alkyl or cyclic N) is 1. The summed E-state index contributed by atoms with van der Waals surface area (Å²) < 4.78 is 0. The summed E-state index contributed by atoms with van der Waals surface area (Å²) in [6.45, 7) is 7.56. The molecule has 0 saturated carbocycles. The van der Waals surface area contributed by atoms with Crippen LogP contribution in [0, 0.1) is 0 Å². The third kappa shape index (κ3) is 5.11. The molecule has 0 unspecified atom stereocenters. The van der Waals surface area contributed by atoms with Crippen molar-refractivity contribution in [3.63, 3.8) is 0 Å². The number of nitrogens with one attached hydrogen (secondary N) is 1. The van der Waals surface area contributed by atoms with Crippen molar-refractivity contribution in [1.82, 2.24) is 29.7 Å². The highest BCUT2D eigenvalue weighted by Crippen LogP contribution is 2.42. The number of nitrogens with zero attached hydrogens (tertiary/aromatic N) is 7. The van der Waals surface area contributed by atoms with E-state index >= 15 is 0 Å². The van der Waals surface area contributed by atoms with Gasteiger partial charge >= 0.3 is 0 Å². The van der Waals surface area contributed by atoms with Crippen molar-refractivity contribution in [3.05, 3.63) is 41.9 Å². The molecular formula is C27H36N8O2. The fraction of sp³-hybridized carbons (Fsp3) is 0.556. The Kier molecular flexibility index (Phi) is 6.90. The van der Waals surface area contributed by atoms with Crippen LogP contribution in [0.15, 0.2) is 30.6 Å². The first-order chi connectivity index (χ1) is 18.1. The molecule has 3 aromatic rings. The van der Waals surface area contributed by atoms with Crippen LogP contribution in [0.4, 0.5) is 17.6 Å². The SMILES string of the molecule is C[C@@H](O)c1cc2cnc(Nc3ccc(CN4CCN(CCO)CC4)cn3)nc2c(N2C3CCC2CC3)n1.